The highest BCUT2D eigenvalue weighted by Crippen LogP contribution is 2.07. The number of carboxylic acids is 1. The number of amides is 1. The van der Waals surface area contributed by atoms with E-state index in [4.69, 9.17) is 5.11 Å². The summed E-state index contributed by atoms with van der Waals surface area (Å²) in [5.41, 5.74) is 0.920. The Bertz CT molecular complexity index is 348. The van der Waals surface area contributed by atoms with Crippen LogP contribution in [0.5, 0.6) is 0 Å². The molecule has 5 heteroatoms. The fourth-order valence-corrected chi connectivity index (χ4v) is 2.04. The molecule has 1 aromatic rings. The van der Waals surface area contributed by atoms with Crippen molar-refractivity contribution < 1.29 is 14.7 Å². The van der Waals surface area contributed by atoms with Crippen LogP contribution in [0.15, 0.2) is 16.8 Å². The highest BCUT2D eigenvalue weighted by Gasteiger charge is 2.18. The van der Waals surface area contributed by atoms with E-state index in [9.17, 15) is 9.59 Å². The van der Waals surface area contributed by atoms with Crippen molar-refractivity contribution in [3.63, 3.8) is 0 Å². The van der Waals surface area contributed by atoms with Crippen LogP contribution in [0, 0.1) is 0 Å². The highest BCUT2D eigenvalue weighted by atomic mass is 32.1. The molecule has 0 saturated heterocycles. The van der Waals surface area contributed by atoms with Crippen molar-refractivity contribution in [1.29, 1.82) is 0 Å². The SMILES string of the molecule is CCC[C@@H](NC(=O)Cc1ccsc1)C(=O)O. The molecule has 1 aromatic heterocycles. The molecule has 4 nitrogen and oxygen atoms in total. The van der Waals surface area contributed by atoms with Gasteiger partial charge in [-0.25, -0.2) is 4.79 Å². The number of rotatable bonds is 6. The summed E-state index contributed by atoms with van der Waals surface area (Å²) < 4.78 is 0. The molecule has 0 spiro atoms. The minimum atomic E-state index is -0.972. The molecule has 88 valence electrons. The van der Waals surface area contributed by atoms with Crippen molar-refractivity contribution >= 4 is 23.2 Å². The molecular formula is C11H15NO3S. The van der Waals surface area contributed by atoms with Crippen LogP contribution in [0.3, 0.4) is 0 Å². The van der Waals surface area contributed by atoms with Crippen molar-refractivity contribution in [2.75, 3.05) is 0 Å². The van der Waals surface area contributed by atoms with E-state index >= 15 is 0 Å². The second-order valence-electron chi connectivity index (χ2n) is 3.56. The lowest BCUT2D eigenvalue weighted by atomic mass is 10.1. The first-order valence-electron chi connectivity index (χ1n) is 5.16. The quantitative estimate of drug-likeness (QED) is 0.796. The summed E-state index contributed by atoms with van der Waals surface area (Å²) in [6.07, 6.45) is 1.44. The van der Waals surface area contributed by atoms with Gasteiger partial charge in [-0.2, -0.15) is 11.3 Å². The third kappa shape index (κ3) is 4.02. The molecule has 0 unspecified atom stereocenters. The van der Waals surface area contributed by atoms with Crippen LogP contribution in [0.4, 0.5) is 0 Å². The number of aliphatic carboxylic acids is 1. The first-order chi connectivity index (χ1) is 7.63. The molecular weight excluding hydrogens is 226 g/mol. The third-order valence-corrected chi connectivity index (χ3v) is 2.89. The number of hydrogen-bond donors (Lipinski definition) is 2. The Kier molecular flexibility index (Phi) is 4.98. The number of carboxylic acid groups (broad SMARTS) is 1. The maximum Gasteiger partial charge on any atom is 0.326 e. The van der Waals surface area contributed by atoms with Gasteiger partial charge in [0.2, 0.25) is 5.91 Å². The highest BCUT2D eigenvalue weighted by molar-refractivity contribution is 7.07. The van der Waals surface area contributed by atoms with E-state index in [1.165, 1.54) is 11.3 Å². The summed E-state index contributed by atoms with van der Waals surface area (Å²) in [5.74, 6) is -1.21. The second kappa shape index (κ2) is 6.27. The lowest BCUT2D eigenvalue weighted by molar-refractivity contribution is -0.141. The van der Waals surface area contributed by atoms with Gasteiger partial charge >= 0.3 is 5.97 Å². The van der Waals surface area contributed by atoms with Gasteiger partial charge < -0.3 is 10.4 Å². The summed E-state index contributed by atoms with van der Waals surface area (Å²) in [5, 5.41) is 15.2. The Labute approximate surface area is 98.3 Å². The summed E-state index contributed by atoms with van der Waals surface area (Å²) in [4.78, 5) is 22.3. The zero-order chi connectivity index (χ0) is 12.0. The molecule has 0 aliphatic rings. The first kappa shape index (κ1) is 12.7. The van der Waals surface area contributed by atoms with Gasteiger partial charge in [0.25, 0.3) is 0 Å². The fourth-order valence-electron chi connectivity index (χ4n) is 1.37. The van der Waals surface area contributed by atoms with Gasteiger partial charge in [-0.05, 0) is 28.8 Å². The predicted molar refractivity (Wildman–Crippen MR) is 62.5 cm³/mol. The maximum absolute atomic E-state index is 11.5. The van der Waals surface area contributed by atoms with Crippen molar-refractivity contribution in [3.05, 3.63) is 22.4 Å². The average Bonchev–Trinajstić information content (AvgIpc) is 2.69. The van der Waals surface area contributed by atoms with Gasteiger partial charge in [-0.15, -0.1) is 0 Å². The van der Waals surface area contributed by atoms with Gasteiger partial charge in [0.1, 0.15) is 6.04 Å². The van der Waals surface area contributed by atoms with Crippen LogP contribution in [0.1, 0.15) is 25.3 Å². The second-order valence-corrected chi connectivity index (χ2v) is 4.34. The maximum atomic E-state index is 11.5. The largest absolute Gasteiger partial charge is 0.480 e. The van der Waals surface area contributed by atoms with Crippen LogP contribution in [-0.2, 0) is 16.0 Å². The van der Waals surface area contributed by atoms with E-state index in [1.807, 2.05) is 23.8 Å². The molecule has 0 saturated carbocycles. The van der Waals surface area contributed by atoms with E-state index in [0.717, 1.165) is 12.0 Å². The Morgan fingerprint density at radius 2 is 2.31 bits per heavy atom. The lowest BCUT2D eigenvalue weighted by Crippen LogP contribution is -2.41. The third-order valence-electron chi connectivity index (χ3n) is 2.16. The standard InChI is InChI=1S/C11H15NO3S/c1-2-3-9(11(14)15)12-10(13)6-8-4-5-16-7-8/h4-5,7,9H,2-3,6H2,1H3,(H,12,13)(H,14,15)/t9-/m1/s1. The van der Waals surface area contributed by atoms with E-state index in [1.54, 1.807) is 0 Å². The summed E-state index contributed by atoms with van der Waals surface area (Å²) >= 11 is 1.52. The summed E-state index contributed by atoms with van der Waals surface area (Å²) in [6.45, 7) is 1.89. The Hall–Kier alpha value is -1.36. The van der Waals surface area contributed by atoms with E-state index in [2.05, 4.69) is 5.32 Å². The smallest absolute Gasteiger partial charge is 0.326 e. The van der Waals surface area contributed by atoms with E-state index in [0.29, 0.717) is 6.42 Å². The predicted octanol–water partition coefficient (Wildman–Crippen LogP) is 1.66. The lowest BCUT2D eigenvalue weighted by Gasteiger charge is -2.12. The number of carbonyl (C=O) groups is 2. The van der Waals surface area contributed by atoms with Gasteiger partial charge in [0.05, 0.1) is 6.42 Å². The minimum Gasteiger partial charge on any atom is -0.480 e. The number of thiophene rings is 1. The Morgan fingerprint density at radius 3 is 2.81 bits per heavy atom. The molecule has 0 bridgehead atoms. The van der Waals surface area contributed by atoms with E-state index in [-0.39, 0.29) is 12.3 Å². The monoisotopic (exact) mass is 241 g/mol. The van der Waals surface area contributed by atoms with Crippen molar-refractivity contribution in [2.24, 2.45) is 0 Å². The molecule has 0 radical (unpaired) electrons. The molecule has 0 fully saturated rings. The van der Waals surface area contributed by atoms with Crippen molar-refractivity contribution in [2.45, 2.75) is 32.2 Å². The van der Waals surface area contributed by atoms with Gasteiger partial charge in [0.15, 0.2) is 0 Å². The minimum absolute atomic E-state index is 0.237. The number of hydrogen-bond acceptors (Lipinski definition) is 3. The number of carbonyl (C=O) groups excluding carboxylic acids is 1. The zero-order valence-electron chi connectivity index (χ0n) is 9.10. The summed E-state index contributed by atoms with van der Waals surface area (Å²) in [7, 11) is 0. The van der Waals surface area contributed by atoms with Crippen LogP contribution >= 0.6 is 11.3 Å². The average molecular weight is 241 g/mol. The fraction of sp³-hybridized carbons (Fsp3) is 0.455. The molecule has 0 aliphatic carbocycles. The first-order valence-corrected chi connectivity index (χ1v) is 6.11. The molecule has 16 heavy (non-hydrogen) atoms. The van der Waals surface area contributed by atoms with Gasteiger partial charge in [-0.3, -0.25) is 4.79 Å². The Morgan fingerprint density at radius 1 is 1.56 bits per heavy atom. The van der Waals surface area contributed by atoms with E-state index < -0.39 is 12.0 Å². The molecule has 1 amide bonds. The van der Waals surface area contributed by atoms with Crippen molar-refractivity contribution in [1.82, 2.24) is 5.32 Å². The molecule has 2 N–H and O–H groups in total. The van der Waals surface area contributed by atoms with Crippen LogP contribution in [0.25, 0.3) is 0 Å². The molecule has 1 heterocycles. The van der Waals surface area contributed by atoms with Crippen LogP contribution in [-0.4, -0.2) is 23.0 Å². The topological polar surface area (TPSA) is 66.4 Å². The van der Waals surface area contributed by atoms with Gasteiger partial charge in [-0.1, -0.05) is 13.3 Å². The molecule has 1 rings (SSSR count). The molecule has 1 atom stereocenters. The van der Waals surface area contributed by atoms with Crippen molar-refractivity contribution in [3.8, 4) is 0 Å². The Balaban J connectivity index is 2.45. The van der Waals surface area contributed by atoms with Crippen LogP contribution in [0.2, 0.25) is 0 Å². The zero-order valence-corrected chi connectivity index (χ0v) is 9.92. The number of nitrogens with one attached hydrogen (secondary N) is 1. The molecule has 0 aromatic carbocycles. The van der Waals surface area contributed by atoms with Gasteiger partial charge in [0, 0.05) is 0 Å². The summed E-state index contributed by atoms with van der Waals surface area (Å²) in [6, 6.07) is 1.09. The molecule has 0 aliphatic heterocycles. The normalized spacial score (nSPS) is 12.1. The van der Waals surface area contributed by atoms with Crippen LogP contribution < -0.4 is 5.32 Å².